The lowest BCUT2D eigenvalue weighted by Gasteiger charge is -2.24. The summed E-state index contributed by atoms with van der Waals surface area (Å²) in [5, 5.41) is 6.15. The molecule has 1 N–H and O–H groups in total. The van der Waals surface area contributed by atoms with Gasteiger partial charge in [0.2, 0.25) is 0 Å². The second-order valence-electron chi connectivity index (χ2n) is 9.33. The third-order valence-corrected chi connectivity index (χ3v) is 8.41. The van der Waals surface area contributed by atoms with E-state index in [1.165, 1.54) is 6.07 Å². The minimum Gasteiger partial charge on any atom is -0.349 e. The van der Waals surface area contributed by atoms with Crippen molar-refractivity contribution in [2.24, 2.45) is 5.18 Å². The van der Waals surface area contributed by atoms with E-state index in [1.54, 1.807) is 49.5 Å². The van der Waals surface area contributed by atoms with Gasteiger partial charge in [0.15, 0.2) is 0 Å². The summed E-state index contributed by atoms with van der Waals surface area (Å²) in [5.41, 5.74) is 2.55. The lowest BCUT2D eigenvalue weighted by molar-refractivity contribution is 0.0934. The normalized spacial score (nSPS) is 17.1. The second kappa shape index (κ2) is 11.2. The van der Waals surface area contributed by atoms with Crippen LogP contribution in [0.1, 0.15) is 64.0 Å². The Labute approximate surface area is 214 Å². The van der Waals surface area contributed by atoms with Crippen molar-refractivity contribution in [1.29, 1.82) is 0 Å². The van der Waals surface area contributed by atoms with E-state index in [0.717, 1.165) is 12.1 Å². The van der Waals surface area contributed by atoms with Gasteiger partial charge >= 0.3 is 0 Å². The first-order valence-corrected chi connectivity index (χ1v) is 13.8. The molecule has 1 saturated heterocycles. The number of halogens is 2. The van der Waals surface area contributed by atoms with E-state index in [-0.39, 0.29) is 35.4 Å². The summed E-state index contributed by atoms with van der Waals surface area (Å²) in [6.45, 7) is 1.79. The number of sulfone groups is 1. The summed E-state index contributed by atoms with van der Waals surface area (Å²) in [6.07, 6.45) is 2.43. The zero-order chi connectivity index (χ0) is 26.6. The van der Waals surface area contributed by atoms with E-state index in [9.17, 15) is 26.9 Å². The zero-order valence-electron chi connectivity index (χ0n) is 20.2. The van der Waals surface area contributed by atoms with Crippen LogP contribution in [-0.2, 0) is 9.84 Å². The third-order valence-electron chi connectivity index (χ3n) is 6.69. The van der Waals surface area contributed by atoms with E-state index in [1.807, 2.05) is 0 Å². The van der Waals surface area contributed by atoms with Crippen molar-refractivity contribution in [2.75, 3.05) is 11.5 Å². The van der Waals surface area contributed by atoms with E-state index in [4.69, 9.17) is 0 Å². The first-order chi connectivity index (χ1) is 17.6. The van der Waals surface area contributed by atoms with Crippen molar-refractivity contribution in [3.63, 3.8) is 0 Å². The van der Waals surface area contributed by atoms with Gasteiger partial charge in [0.1, 0.15) is 27.5 Å². The number of hydrogen-bond acceptors (Lipinski definition) is 6. The highest BCUT2D eigenvalue weighted by Gasteiger charge is 2.27. The molecule has 2 atom stereocenters. The van der Waals surface area contributed by atoms with Gasteiger partial charge in [-0.15, -0.1) is 0 Å². The van der Waals surface area contributed by atoms with E-state index < -0.39 is 33.4 Å². The lowest BCUT2D eigenvalue weighted by atomic mass is 9.84. The second-order valence-corrected chi connectivity index (χ2v) is 11.6. The van der Waals surface area contributed by atoms with Gasteiger partial charge in [-0.05, 0) is 73.2 Å². The van der Waals surface area contributed by atoms with Crippen LogP contribution < -0.4 is 5.32 Å². The number of aromatic nitrogens is 1. The van der Waals surface area contributed by atoms with Gasteiger partial charge in [0.05, 0.1) is 11.5 Å². The molecular weight excluding hydrogens is 500 g/mol. The van der Waals surface area contributed by atoms with Crippen molar-refractivity contribution in [2.45, 2.75) is 44.2 Å². The predicted octanol–water partition coefficient (Wildman–Crippen LogP) is 5.00. The molecule has 0 saturated carbocycles. The Kier molecular flexibility index (Phi) is 8.06. The van der Waals surface area contributed by atoms with Gasteiger partial charge in [-0.25, -0.2) is 17.2 Å². The molecule has 1 fully saturated rings. The third kappa shape index (κ3) is 6.62. The Hall–Kier alpha value is -3.53. The highest BCUT2D eigenvalue weighted by Crippen LogP contribution is 2.37. The fourth-order valence-electron chi connectivity index (χ4n) is 4.63. The Morgan fingerprint density at radius 3 is 2.38 bits per heavy atom. The average molecular weight is 528 g/mol. The first-order valence-electron chi connectivity index (χ1n) is 12.0. The van der Waals surface area contributed by atoms with Crippen LogP contribution >= 0.6 is 0 Å². The largest absolute Gasteiger partial charge is 0.349 e. The van der Waals surface area contributed by atoms with Crippen molar-refractivity contribution in [1.82, 2.24) is 10.3 Å². The van der Waals surface area contributed by atoms with Gasteiger partial charge in [0.25, 0.3) is 5.91 Å². The summed E-state index contributed by atoms with van der Waals surface area (Å²) in [6, 6.07) is 12.3. The molecule has 4 rings (SSSR count). The van der Waals surface area contributed by atoms with Crippen LogP contribution in [0.2, 0.25) is 0 Å². The number of rotatable bonds is 8. The molecule has 37 heavy (non-hydrogen) atoms. The number of nitrogens with zero attached hydrogens (tertiary/aromatic N) is 2. The number of nitroso groups, excluding NO2 is 1. The number of amides is 1. The SMILES string of the molecule is Cc1cc(C(CC(c2ccc(C(=O)NC3CCS(=O)(=O)CC3)cc2)c2ccc(F)cc2F)N=O)ccn1. The number of nitrogens with one attached hydrogen (secondary N) is 1. The van der Waals surface area contributed by atoms with Gasteiger partial charge < -0.3 is 5.32 Å². The number of pyridine rings is 1. The highest BCUT2D eigenvalue weighted by molar-refractivity contribution is 7.91. The maximum absolute atomic E-state index is 14.9. The first kappa shape index (κ1) is 26.5. The molecule has 194 valence electrons. The number of hydrogen-bond donors (Lipinski definition) is 1. The number of aryl methyl sites for hydroxylation is 1. The van der Waals surface area contributed by atoms with Crippen LogP contribution in [0.15, 0.2) is 66.0 Å². The molecule has 7 nitrogen and oxygen atoms in total. The molecule has 2 aromatic carbocycles. The molecule has 1 aromatic heterocycles. The van der Waals surface area contributed by atoms with Crippen molar-refractivity contribution < 1.29 is 22.0 Å². The standard InChI is InChI=1S/C27H27F2N3O4S/c1-17-14-20(8-11-30-17)26(32-34)16-24(23-7-6-21(28)15-25(23)29)18-2-4-19(5-3-18)27(33)31-22-9-12-37(35,36)13-10-22/h2-8,11,14-15,22,24,26H,9-10,12-13,16H2,1H3,(H,31,33). The van der Waals surface area contributed by atoms with Crippen LogP contribution in [-0.4, -0.2) is 36.9 Å². The van der Waals surface area contributed by atoms with E-state index in [2.05, 4.69) is 15.5 Å². The molecule has 1 amide bonds. The average Bonchev–Trinajstić information content (AvgIpc) is 2.87. The minimum absolute atomic E-state index is 0.0464. The topological polar surface area (TPSA) is 106 Å². The van der Waals surface area contributed by atoms with Crippen molar-refractivity contribution in [3.8, 4) is 0 Å². The Bertz CT molecular complexity index is 1380. The van der Waals surface area contributed by atoms with Crippen LogP contribution in [0.3, 0.4) is 0 Å². The molecule has 2 heterocycles. The summed E-state index contributed by atoms with van der Waals surface area (Å²) < 4.78 is 51.8. The monoisotopic (exact) mass is 527 g/mol. The molecule has 1 aliphatic heterocycles. The number of carbonyl (C=O) groups excluding carboxylic acids is 1. The smallest absolute Gasteiger partial charge is 0.251 e. The Morgan fingerprint density at radius 1 is 1.05 bits per heavy atom. The summed E-state index contributed by atoms with van der Waals surface area (Å²) >= 11 is 0. The molecule has 2 unspecified atom stereocenters. The van der Waals surface area contributed by atoms with Crippen LogP contribution in [0.5, 0.6) is 0 Å². The van der Waals surface area contributed by atoms with Crippen molar-refractivity contribution in [3.05, 3.63) is 105 Å². The predicted molar refractivity (Wildman–Crippen MR) is 136 cm³/mol. The quantitative estimate of drug-likeness (QED) is 0.415. The maximum atomic E-state index is 14.9. The fraction of sp³-hybridized carbons (Fsp3) is 0.333. The van der Waals surface area contributed by atoms with Gasteiger partial charge in [-0.3, -0.25) is 9.78 Å². The van der Waals surface area contributed by atoms with Gasteiger partial charge in [-0.2, -0.15) is 4.91 Å². The Morgan fingerprint density at radius 2 is 1.76 bits per heavy atom. The molecule has 0 radical (unpaired) electrons. The minimum atomic E-state index is -3.04. The molecular formula is C27H27F2N3O4S. The van der Waals surface area contributed by atoms with E-state index >= 15 is 0 Å². The van der Waals surface area contributed by atoms with Crippen LogP contribution in [0.25, 0.3) is 0 Å². The van der Waals surface area contributed by atoms with Crippen LogP contribution in [0, 0.1) is 23.5 Å². The molecule has 0 aliphatic carbocycles. The zero-order valence-corrected chi connectivity index (χ0v) is 21.0. The Balaban J connectivity index is 1.59. The molecule has 3 aromatic rings. The lowest BCUT2D eigenvalue weighted by Crippen LogP contribution is -2.40. The summed E-state index contributed by atoms with van der Waals surface area (Å²) in [5.74, 6) is -2.33. The number of benzene rings is 2. The maximum Gasteiger partial charge on any atom is 0.251 e. The molecule has 1 aliphatic rings. The van der Waals surface area contributed by atoms with Gasteiger partial charge in [-0.1, -0.05) is 23.4 Å². The van der Waals surface area contributed by atoms with Crippen LogP contribution in [0.4, 0.5) is 8.78 Å². The molecule has 0 spiro atoms. The van der Waals surface area contributed by atoms with Gasteiger partial charge in [0, 0.05) is 35.5 Å². The highest BCUT2D eigenvalue weighted by atomic mass is 32.2. The van der Waals surface area contributed by atoms with E-state index in [0.29, 0.717) is 35.2 Å². The molecule has 10 heteroatoms. The summed E-state index contributed by atoms with van der Waals surface area (Å²) in [4.78, 5) is 28.7. The van der Waals surface area contributed by atoms with Crippen molar-refractivity contribution >= 4 is 15.7 Å². The summed E-state index contributed by atoms with van der Waals surface area (Å²) in [7, 11) is -3.04. The molecule has 0 bridgehead atoms. The fourth-order valence-corrected chi connectivity index (χ4v) is 6.13. The number of carbonyl (C=O) groups is 1.